The summed E-state index contributed by atoms with van der Waals surface area (Å²) in [5, 5.41) is 15.1. The maximum atomic E-state index is 13.2. The summed E-state index contributed by atoms with van der Waals surface area (Å²) in [6.07, 6.45) is 3.88. The topological polar surface area (TPSA) is 71.3 Å². The summed E-state index contributed by atoms with van der Waals surface area (Å²) >= 11 is 0. The predicted octanol–water partition coefficient (Wildman–Crippen LogP) is 2.99. The molecule has 3 aromatic rings. The van der Waals surface area contributed by atoms with Gasteiger partial charge in [0, 0.05) is 11.6 Å². The van der Waals surface area contributed by atoms with Gasteiger partial charge >= 0.3 is 0 Å². The average Bonchev–Trinajstić information content (AvgIpc) is 3.17. The zero-order valence-electron chi connectivity index (χ0n) is 16.6. The number of carbonyl (C=O) groups excluding carboxylic acids is 1. The summed E-state index contributed by atoms with van der Waals surface area (Å²) < 4.78 is 15.0. The number of amides is 1. The van der Waals surface area contributed by atoms with Crippen LogP contribution in [0, 0.1) is 5.41 Å². The van der Waals surface area contributed by atoms with Gasteiger partial charge < -0.3 is 10.6 Å². The second kappa shape index (κ2) is 8.29. The molecule has 1 fully saturated rings. The summed E-state index contributed by atoms with van der Waals surface area (Å²) in [6.45, 7) is 3.13. The Morgan fingerprint density at radius 2 is 1.93 bits per heavy atom. The van der Waals surface area contributed by atoms with E-state index in [0.717, 1.165) is 31.5 Å². The van der Waals surface area contributed by atoms with Crippen molar-refractivity contribution in [1.29, 1.82) is 0 Å². The van der Waals surface area contributed by atoms with E-state index < -0.39 is 12.1 Å². The van der Waals surface area contributed by atoms with Gasteiger partial charge in [0.1, 0.15) is 6.67 Å². The Kier molecular flexibility index (Phi) is 5.58. The molecule has 2 aromatic heterocycles. The molecule has 4 rings (SSSR count). The van der Waals surface area contributed by atoms with E-state index in [2.05, 4.69) is 20.8 Å². The van der Waals surface area contributed by atoms with Crippen LogP contribution in [-0.2, 0) is 17.9 Å². The number of nitrogens with zero attached hydrogens (tertiary/aromatic N) is 3. The summed E-state index contributed by atoms with van der Waals surface area (Å²) in [4.78, 5) is 13.2. The number of benzene rings is 1. The van der Waals surface area contributed by atoms with Gasteiger partial charge in [-0.15, -0.1) is 10.2 Å². The Labute approximate surface area is 169 Å². The van der Waals surface area contributed by atoms with E-state index in [1.807, 2.05) is 37.3 Å². The molecule has 2 N–H and O–H groups in total. The van der Waals surface area contributed by atoms with Crippen molar-refractivity contribution in [2.75, 3.05) is 13.1 Å². The average molecular weight is 395 g/mol. The van der Waals surface area contributed by atoms with Crippen LogP contribution in [0.4, 0.5) is 4.39 Å². The third kappa shape index (κ3) is 4.15. The van der Waals surface area contributed by atoms with E-state index in [1.54, 1.807) is 22.7 Å². The minimum absolute atomic E-state index is 0.0262. The number of nitrogens with one attached hydrogen (secondary N) is 2. The summed E-state index contributed by atoms with van der Waals surface area (Å²) in [6, 6.07) is 13.1. The number of alkyl halides is 1. The second-order valence-electron chi connectivity index (χ2n) is 7.98. The predicted molar refractivity (Wildman–Crippen MR) is 109 cm³/mol. The highest BCUT2D eigenvalue weighted by Crippen LogP contribution is 2.30. The number of halogens is 1. The van der Waals surface area contributed by atoms with Gasteiger partial charge in [0.2, 0.25) is 5.91 Å². The van der Waals surface area contributed by atoms with Crippen molar-refractivity contribution < 1.29 is 9.18 Å². The fourth-order valence-electron chi connectivity index (χ4n) is 3.86. The molecule has 3 heterocycles. The molecule has 0 spiro atoms. The van der Waals surface area contributed by atoms with Gasteiger partial charge in [0.25, 0.3) is 0 Å². The monoisotopic (exact) mass is 395 g/mol. The maximum absolute atomic E-state index is 13.2. The standard InChI is InChI=1S/C22H26FN5O/c1-22(9-11-24-12-10-22)21(29)25-18(13-16-5-3-2-4-6-16)20-27-26-19-8-7-17(14-23)15-28(19)20/h2-8,15,18,24H,9-14H2,1H3,(H,25,29)/t18-/m1/s1. The SMILES string of the molecule is CC1(C(=O)N[C@H](Cc2ccccc2)c2nnc3ccc(CF)cn23)CCNCC1. The molecule has 1 aromatic carbocycles. The van der Waals surface area contributed by atoms with Gasteiger partial charge in [0.15, 0.2) is 11.5 Å². The summed E-state index contributed by atoms with van der Waals surface area (Å²) in [5.41, 5.74) is 1.86. The van der Waals surface area contributed by atoms with Crippen LogP contribution in [0.3, 0.4) is 0 Å². The van der Waals surface area contributed by atoms with E-state index in [-0.39, 0.29) is 11.9 Å². The third-order valence-corrected chi connectivity index (χ3v) is 5.80. The molecule has 1 atom stereocenters. The number of aromatic nitrogens is 3. The fourth-order valence-corrected chi connectivity index (χ4v) is 3.86. The van der Waals surface area contributed by atoms with Crippen molar-refractivity contribution in [2.24, 2.45) is 5.41 Å². The van der Waals surface area contributed by atoms with Gasteiger partial charge in [-0.25, -0.2) is 4.39 Å². The number of carbonyl (C=O) groups is 1. The molecule has 0 aliphatic carbocycles. The molecular formula is C22H26FN5O. The third-order valence-electron chi connectivity index (χ3n) is 5.80. The van der Waals surface area contributed by atoms with Crippen LogP contribution < -0.4 is 10.6 Å². The van der Waals surface area contributed by atoms with Crippen molar-refractivity contribution in [3.63, 3.8) is 0 Å². The first-order chi connectivity index (χ1) is 14.1. The minimum Gasteiger partial charge on any atom is -0.345 e. The number of hydrogen-bond acceptors (Lipinski definition) is 4. The van der Waals surface area contributed by atoms with Crippen LogP contribution in [0.1, 0.15) is 42.8 Å². The Morgan fingerprint density at radius 1 is 1.17 bits per heavy atom. The molecule has 1 amide bonds. The molecule has 6 nitrogen and oxygen atoms in total. The van der Waals surface area contributed by atoms with Crippen LogP contribution in [0.15, 0.2) is 48.7 Å². The molecule has 1 aliphatic heterocycles. The molecular weight excluding hydrogens is 369 g/mol. The van der Waals surface area contributed by atoms with Crippen molar-refractivity contribution in [1.82, 2.24) is 25.2 Å². The first kappa shape index (κ1) is 19.5. The van der Waals surface area contributed by atoms with Gasteiger partial charge in [-0.1, -0.05) is 43.3 Å². The Hall–Kier alpha value is -2.80. The van der Waals surface area contributed by atoms with Crippen molar-refractivity contribution in [2.45, 2.75) is 38.9 Å². The minimum atomic E-state index is -0.561. The Bertz CT molecular complexity index is 981. The molecule has 0 radical (unpaired) electrons. The van der Waals surface area contributed by atoms with E-state index in [1.165, 1.54) is 0 Å². The lowest BCUT2D eigenvalue weighted by molar-refractivity contribution is -0.132. The number of pyridine rings is 1. The number of fused-ring (bicyclic) bond motifs is 1. The van der Waals surface area contributed by atoms with Crippen LogP contribution in [-0.4, -0.2) is 33.6 Å². The van der Waals surface area contributed by atoms with Gasteiger partial charge in [-0.05, 0) is 49.5 Å². The van der Waals surface area contributed by atoms with Crippen molar-refractivity contribution in [3.05, 3.63) is 65.6 Å². The first-order valence-electron chi connectivity index (χ1n) is 10.0. The normalized spacial score (nSPS) is 17.2. The van der Waals surface area contributed by atoms with Crippen molar-refractivity contribution >= 4 is 11.6 Å². The zero-order chi connectivity index (χ0) is 20.3. The maximum Gasteiger partial charge on any atom is 0.226 e. The number of rotatable bonds is 6. The highest BCUT2D eigenvalue weighted by atomic mass is 19.1. The highest BCUT2D eigenvalue weighted by Gasteiger charge is 2.36. The molecule has 152 valence electrons. The van der Waals surface area contributed by atoms with Crippen LogP contribution in [0.5, 0.6) is 0 Å². The lowest BCUT2D eigenvalue weighted by Gasteiger charge is -2.34. The molecule has 1 aliphatic rings. The summed E-state index contributed by atoms with van der Waals surface area (Å²) in [7, 11) is 0. The Morgan fingerprint density at radius 3 is 2.66 bits per heavy atom. The molecule has 29 heavy (non-hydrogen) atoms. The summed E-state index contributed by atoms with van der Waals surface area (Å²) in [5.74, 6) is 0.642. The zero-order valence-corrected chi connectivity index (χ0v) is 16.6. The van der Waals surface area contributed by atoms with Crippen molar-refractivity contribution in [3.8, 4) is 0 Å². The second-order valence-corrected chi connectivity index (χ2v) is 7.98. The molecule has 1 saturated heterocycles. The van der Waals surface area contributed by atoms with Crippen LogP contribution in [0.25, 0.3) is 5.65 Å². The van der Waals surface area contributed by atoms with E-state index in [9.17, 15) is 9.18 Å². The molecule has 0 bridgehead atoms. The smallest absolute Gasteiger partial charge is 0.226 e. The lowest BCUT2D eigenvalue weighted by Crippen LogP contribution is -2.47. The lowest BCUT2D eigenvalue weighted by atomic mass is 9.80. The van der Waals surface area contributed by atoms with E-state index in [4.69, 9.17) is 0 Å². The van der Waals surface area contributed by atoms with E-state index in [0.29, 0.717) is 23.5 Å². The molecule has 0 unspecified atom stereocenters. The highest BCUT2D eigenvalue weighted by molar-refractivity contribution is 5.82. The number of hydrogen-bond donors (Lipinski definition) is 2. The number of piperidine rings is 1. The van der Waals surface area contributed by atoms with Gasteiger partial charge in [-0.2, -0.15) is 0 Å². The van der Waals surface area contributed by atoms with Gasteiger partial charge in [-0.3, -0.25) is 9.20 Å². The quantitative estimate of drug-likeness (QED) is 0.673. The molecule has 7 heteroatoms. The van der Waals surface area contributed by atoms with Gasteiger partial charge in [0.05, 0.1) is 6.04 Å². The fraction of sp³-hybridized carbons (Fsp3) is 0.409. The van der Waals surface area contributed by atoms with Crippen LogP contribution >= 0.6 is 0 Å². The van der Waals surface area contributed by atoms with E-state index >= 15 is 0 Å². The molecule has 0 saturated carbocycles. The first-order valence-corrected chi connectivity index (χ1v) is 10.0. The Balaban J connectivity index is 1.68. The largest absolute Gasteiger partial charge is 0.345 e. The van der Waals surface area contributed by atoms with Crippen LogP contribution in [0.2, 0.25) is 0 Å².